The first-order chi connectivity index (χ1) is 9.33. The molecule has 0 atom stereocenters. The van der Waals surface area contributed by atoms with Gasteiger partial charge in [-0.15, -0.1) is 0 Å². The SMILES string of the molecule is O=C1CCC(c2ccccc2)=NN1Cn1ccnc1. The molecule has 5 heteroatoms. The van der Waals surface area contributed by atoms with Gasteiger partial charge in [-0.05, 0) is 5.56 Å². The number of carbonyl (C=O) groups excluding carboxylic acids is 1. The van der Waals surface area contributed by atoms with Gasteiger partial charge in [0.2, 0.25) is 5.91 Å². The van der Waals surface area contributed by atoms with Gasteiger partial charge >= 0.3 is 0 Å². The Labute approximate surface area is 111 Å². The number of imidazole rings is 1. The minimum Gasteiger partial charge on any atom is -0.317 e. The van der Waals surface area contributed by atoms with Crippen molar-refractivity contribution >= 4 is 11.6 Å². The molecule has 0 saturated heterocycles. The van der Waals surface area contributed by atoms with Gasteiger partial charge in [-0.1, -0.05) is 30.3 Å². The van der Waals surface area contributed by atoms with Crippen LogP contribution in [0, 0.1) is 0 Å². The number of aromatic nitrogens is 2. The average molecular weight is 254 g/mol. The Bertz CT molecular complexity index is 589. The van der Waals surface area contributed by atoms with E-state index in [1.54, 1.807) is 12.5 Å². The second-order valence-corrected chi connectivity index (χ2v) is 4.42. The highest BCUT2D eigenvalue weighted by Crippen LogP contribution is 2.15. The van der Waals surface area contributed by atoms with Crippen molar-refractivity contribution in [3.63, 3.8) is 0 Å². The van der Waals surface area contributed by atoms with Crippen LogP contribution in [0.15, 0.2) is 54.2 Å². The number of hydrazone groups is 1. The summed E-state index contributed by atoms with van der Waals surface area (Å²) in [4.78, 5) is 15.8. The van der Waals surface area contributed by atoms with E-state index in [0.29, 0.717) is 19.5 Å². The van der Waals surface area contributed by atoms with Gasteiger partial charge in [0.15, 0.2) is 0 Å². The van der Waals surface area contributed by atoms with E-state index in [1.807, 2.05) is 41.1 Å². The third kappa shape index (κ3) is 2.54. The van der Waals surface area contributed by atoms with Crippen LogP contribution in [0.25, 0.3) is 0 Å². The Morgan fingerprint density at radius 2 is 2.00 bits per heavy atom. The molecule has 0 N–H and O–H groups in total. The molecule has 1 aliphatic heterocycles. The summed E-state index contributed by atoms with van der Waals surface area (Å²) < 4.78 is 1.83. The fourth-order valence-electron chi connectivity index (χ4n) is 2.07. The van der Waals surface area contributed by atoms with Gasteiger partial charge in [0.1, 0.15) is 6.67 Å². The molecule has 0 bridgehead atoms. The molecule has 1 aliphatic rings. The molecule has 3 rings (SSSR count). The lowest BCUT2D eigenvalue weighted by molar-refractivity contribution is -0.133. The summed E-state index contributed by atoms with van der Waals surface area (Å²) >= 11 is 0. The summed E-state index contributed by atoms with van der Waals surface area (Å²) in [6, 6.07) is 9.97. The Kier molecular flexibility index (Phi) is 3.10. The van der Waals surface area contributed by atoms with Gasteiger partial charge in [0.05, 0.1) is 12.0 Å². The average Bonchev–Trinajstić information content (AvgIpc) is 2.95. The van der Waals surface area contributed by atoms with Crippen LogP contribution in [0.5, 0.6) is 0 Å². The van der Waals surface area contributed by atoms with Crippen molar-refractivity contribution in [2.24, 2.45) is 5.10 Å². The van der Waals surface area contributed by atoms with Crippen molar-refractivity contribution in [2.75, 3.05) is 0 Å². The number of nitrogens with zero attached hydrogens (tertiary/aromatic N) is 4. The molecule has 1 amide bonds. The second-order valence-electron chi connectivity index (χ2n) is 4.42. The number of hydrogen-bond donors (Lipinski definition) is 0. The van der Waals surface area contributed by atoms with Crippen LogP contribution in [0.3, 0.4) is 0 Å². The zero-order chi connectivity index (χ0) is 13.1. The zero-order valence-corrected chi connectivity index (χ0v) is 10.4. The maximum atomic E-state index is 11.9. The van der Waals surface area contributed by atoms with Gasteiger partial charge < -0.3 is 4.57 Å². The fourth-order valence-corrected chi connectivity index (χ4v) is 2.07. The van der Waals surface area contributed by atoms with Crippen molar-refractivity contribution in [3.05, 3.63) is 54.6 Å². The molecule has 0 unspecified atom stereocenters. The molecular formula is C14H14N4O. The molecule has 96 valence electrons. The van der Waals surface area contributed by atoms with Gasteiger partial charge in [-0.2, -0.15) is 5.10 Å². The first-order valence-electron chi connectivity index (χ1n) is 6.22. The molecule has 19 heavy (non-hydrogen) atoms. The Hall–Kier alpha value is -2.43. The van der Waals surface area contributed by atoms with Crippen molar-refractivity contribution in [1.29, 1.82) is 0 Å². The van der Waals surface area contributed by atoms with Crippen LogP contribution in [0.4, 0.5) is 0 Å². The van der Waals surface area contributed by atoms with Gasteiger partial charge in [0.25, 0.3) is 0 Å². The zero-order valence-electron chi connectivity index (χ0n) is 10.4. The minimum absolute atomic E-state index is 0.0494. The van der Waals surface area contributed by atoms with E-state index in [-0.39, 0.29) is 5.91 Å². The second kappa shape index (κ2) is 5.06. The molecule has 2 aromatic rings. The van der Waals surface area contributed by atoms with Gasteiger partial charge in [-0.25, -0.2) is 9.99 Å². The third-order valence-electron chi connectivity index (χ3n) is 3.07. The van der Waals surface area contributed by atoms with Crippen molar-refractivity contribution < 1.29 is 4.79 Å². The van der Waals surface area contributed by atoms with E-state index in [9.17, 15) is 4.79 Å². The summed E-state index contributed by atoms with van der Waals surface area (Å²) in [6.45, 7) is 0.412. The number of amides is 1. The number of carbonyl (C=O) groups is 1. The number of hydrogen-bond acceptors (Lipinski definition) is 3. The third-order valence-corrected chi connectivity index (χ3v) is 3.07. The van der Waals surface area contributed by atoms with E-state index in [4.69, 9.17) is 0 Å². The molecule has 0 radical (unpaired) electrons. The number of rotatable bonds is 3. The van der Waals surface area contributed by atoms with Crippen LogP contribution < -0.4 is 0 Å². The molecule has 1 aromatic heterocycles. The van der Waals surface area contributed by atoms with Crippen LogP contribution in [0.2, 0.25) is 0 Å². The van der Waals surface area contributed by atoms with Crippen LogP contribution in [0.1, 0.15) is 18.4 Å². The normalized spacial score (nSPS) is 15.5. The standard InChI is InChI=1S/C14H14N4O/c19-14-7-6-13(12-4-2-1-3-5-12)16-18(14)11-17-9-8-15-10-17/h1-5,8-10H,6-7,11H2. The molecule has 0 spiro atoms. The molecular weight excluding hydrogens is 240 g/mol. The molecule has 0 fully saturated rings. The van der Waals surface area contributed by atoms with Crippen molar-refractivity contribution in [3.8, 4) is 0 Å². The van der Waals surface area contributed by atoms with Crippen LogP contribution in [-0.4, -0.2) is 26.2 Å². The first-order valence-corrected chi connectivity index (χ1v) is 6.22. The maximum Gasteiger partial charge on any atom is 0.244 e. The summed E-state index contributed by atoms with van der Waals surface area (Å²) in [7, 11) is 0. The Morgan fingerprint density at radius 1 is 1.16 bits per heavy atom. The van der Waals surface area contributed by atoms with E-state index in [2.05, 4.69) is 10.1 Å². The lowest BCUT2D eigenvalue weighted by Gasteiger charge is -2.23. The van der Waals surface area contributed by atoms with E-state index >= 15 is 0 Å². The molecule has 0 saturated carbocycles. The Morgan fingerprint density at radius 3 is 2.74 bits per heavy atom. The van der Waals surface area contributed by atoms with Gasteiger partial charge in [-0.3, -0.25) is 4.79 Å². The largest absolute Gasteiger partial charge is 0.317 e. The van der Waals surface area contributed by atoms with Crippen molar-refractivity contribution in [2.45, 2.75) is 19.5 Å². The Balaban J connectivity index is 1.84. The summed E-state index contributed by atoms with van der Waals surface area (Å²) in [6.07, 6.45) is 6.39. The van der Waals surface area contributed by atoms with E-state index in [0.717, 1.165) is 11.3 Å². The smallest absolute Gasteiger partial charge is 0.244 e. The highest BCUT2D eigenvalue weighted by Gasteiger charge is 2.21. The predicted octanol–water partition coefficient (Wildman–Crippen LogP) is 1.87. The van der Waals surface area contributed by atoms with Crippen LogP contribution >= 0.6 is 0 Å². The minimum atomic E-state index is 0.0494. The summed E-state index contributed by atoms with van der Waals surface area (Å²) in [5, 5.41) is 5.97. The summed E-state index contributed by atoms with van der Waals surface area (Å²) in [5.74, 6) is 0.0494. The quantitative estimate of drug-likeness (QED) is 0.839. The fraction of sp³-hybridized carbons (Fsp3) is 0.214. The lowest BCUT2D eigenvalue weighted by Crippen LogP contribution is -2.33. The van der Waals surface area contributed by atoms with Crippen LogP contribution in [-0.2, 0) is 11.5 Å². The van der Waals surface area contributed by atoms with E-state index < -0.39 is 0 Å². The highest BCUT2D eigenvalue weighted by atomic mass is 16.2. The van der Waals surface area contributed by atoms with Crippen molar-refractivity contribution in [1.82, 2.24) is 14.6 Å². The molecule has 2 heterocycles. The predicted molar refractivity (Wildman–Crippen MR) is 71.3 cm³/mol. The lowest BCUT2D eigenvalue weighted by atomic mass is 10.0. The van der Waals surface area contributed by atoms with E-state index in [1.165, 1.54) is 5.01 Å². The molecule has 0 aliphatic carbocycles. The summed E-state index contributed by atoms with van der Waals surface area (Å²) in [5.41, 5.74) is 2.03. The van der Waals surface area contributed by atoms with Gasteiger partial charge in [0, 0.05) is 25.2 Å². The molecule has 1 aromatic carbocycles. The highest BCUT2D eigenvalue weighted by molar-refractivity contribution is 6.04. The monoisotopic (exact) mass is 254 g/mol. The topological polar surface area (TPSA) is 50.5 Å². The molecule has 5 nitrogen and oxygen atoms in total. The maximum absolute atomic E-state index is 11.9. The first kappa shape index (κ1) is 11.6. The number of benzene rings is 1.